The third-order valence-electron chi connectivity index (χ3n) is 2.96. The van der Waals surface area contributed by atoms with Crippen LogP contribution in [0.4, 0.5) is 10.5 Å². The number of hydrogen-bond donors (Lipinski definition) is 0. The molecule has 0 N–H and O–H groups in total. The third-order valence-corrected chi connectivity index (χ3v) is 3.21. The molecule has 90 valence electrons. The van der Waals surface area contributed by atoms with Gasteiger partial charge in [0.25, 0.3) is 0 Å². The molecular formula is C12H13ClN2O2. The number of hydrogen-bond acceptors (Lipinski definition) is 2. The average molecular weight is 253 g/mol. The Kier molecular flexibility index (Phi) is 3.07. The minimum atomic E-state index is -0.295. The van der Waals surface area contributed by atoms with E-state index in [1.165, 1.54) is 4.90 Å². The molecule has 0 aromatic heterocycles. The first kappa shape index (κ1) is 11.9. The van der Waals surface area contributed by atoms with Crippen LogP contribution in [0.1, 0.15) is 13.3 Å². The maximum Gasteiger partial charge on any atom is 0.331 e. The average Bonchev–Trinajstić information content (AvgIpc) is 2.29. The Hall–Kier alpha value is -1.55. The maximum atomic E-state index is 12.0. The van der Waals surface area contributed by atoms with Crippen LogP contribution in [0.15, 0.2) is 24.3 Å². The van der Waals surface area contributed by atoms with Crippen molar-refractivity contribution < 1.29 is 9.59 Å². The van der Waals surface area contributed by atoms with E-state index in [9.17, 15) is 9.59 Å². The van der Waals surface area contributed by atoms with Gasteiger partial charge in [0.1, 0.15) is 0 Å². The molecule has 1 aromatic rings. The number of anilines is 1. The van der Waals surface area contributed by atoms with Crippen molar-refractivity contribution in [1.29, 1.82) is 0 Å². The summed E-state index contributed by atoms with van der Waals surface area (Å²) >= 11 is 5.78. The molecule has 2 rings (SSSR count). The van der Waals surface area contributed by atoms with E-state index in [4.69, 9.17) is 11.6 Å². The van der Waals surface area contributed by atoms with Crippen molar-refractivity contribution >= 4 is 29.2 Å². The number of halogens is 1. The van der Waals surface area contributed by atoms with E-state index in [1.807, 2.05) is 6.92 Å². The van der Waals surface area contributed by atoms with Crippen molar-refractivity contribution in [1.82, 2.24) is 4.90 Å². The molecule has 1 aliphatic rings. The maximum absolute atomic E-state index is 12.0. The first-order chi connectivity index (χ1) is 8.00. The van der Waals surface area contributed by atoms with Gasteiger partial charge in [-0.15, -0.1) is 0 Å². The van der Waals surface area contributed by atoms with E-state index in [1.54, 1.807) is 36.2 Å². The zero-order valence-corrected chi connectivity index (χ0v) is 10.4. The summed E-state index contributed by atoms with van der Waals surface area (Å²) in [5, 5.41) is 0.576. The first-order valence-corrected chi connectivity index (χ1v) is 5.74. The Balaban J connectivity index is 2.34. The summed E-state index contributed by atoms with van der Waals surface area (Å²) in [4.78, 5) is 26.7. The van der Waals surface area contributed by atoms with Crippen LogP contribution in [0, 0.1) is 0 Å². The fraction of sp³-hybridized carbons (Fsp3) is 0.333. The van der Waals surface area contributed by atoms with E-state index >= 15 is 0 Å². The summed E-state index contributed by atoms with van der Waals surface area (Å²) in [7, 11) is 1.70. The number of nitrogens with zero attached hydrogens (tertiary/aromatic N) is 2. The Labute approximate surface area is 105 Å². The molecule has 0 saturated carbocycles. The lowest BCUT2D eigenvalue weighted by Gasteiger charge is -2.36. The van der Waals surface area contributed by atoms with Crippen molar-refractivity contribution in [2.75, 3.05) is 11.9 Å². The van der Waals surface area contributed by atoms with Gasteiger partial charge in [0.2, 0.25) is 5.91 Å². The highest BCUT2D eigenvalue weighted by atomic mass is 35.5. The Morgan fingerprint density at radius 2 is 1.82 bits per heavy atom. The molecule has 0 bridgehead atoms. The first-order valence-electron chi connectivity index (χ1n) is 5.36. The molecule has 1 unspecified atom stereocenters. The summed E-state index contributed by atoms with van der Waals surface area (Å²) in [6.45, 7) is 1.86. The summed E-state index contributed by atoms with van der Waals surface area (Å²) in [5.74, 6) is -0.178. The second-order valence-corrected chi connectivity index (χ2v) is 4.59. The predicted molar refractivity (Wildman–Crippen MR) is 66.2 cm³/mol. The largest absolute Gasteiger partial charge is 0.331 e. The van der Waals surface area contributed by atoms with Crippen LogP contribution in [0.3, 0.4) is 0 Å². The fourth-order valence-electron chi connectivity index (χ4n) is 1.78. The molecule has 0 spiro atoms. The summed E-state index contributed by atoms with van der Waals surface area (Å²) < 4.78 is 0. The highest BCUT2D eigenvalue weighted by molar-refractivity contribution is 6.30. The van der Waals surface area contributed by atoms with Crippen LogP contribution in [-0.4, -0.2) is 29.9 Å². The van der Waals surface area contributed by atoms with Gasteiger partial charge in [-0.25, -0.2) is 9.69 Å². The zero-order valence-electron chi connectivity index (χ0n) is 9.68. The standard InChI is InChI=1S/C12H13ClN2O2/c1-8-7-11(16)15(12(17)14(8)2)10-5-3-9(13)4-6-10/h3-6,8H,7H2,1-2H3. The van der Waals surface area contributed by atoms with Gasteiger partial charge >= 0.3 is 6.03 Å². The zero-order chi connectivity index (χ0) is 12.6. The van der Waals surface area contributed by atoms with Gasteiger partial charge in [0.15, 0.2) is 0 Å². The molecule has 0 aliphatic carbocycles. The normalized spacial score (nSPS) is 21.0. The summed E-state index contributed by atoms with van der Waals surface area (Å²) in [5.41, 5.74) is 0.558. The molecule has 1 saturated heterocycles. The Bertz CT molecular complexity index is 458. The van der Waals surface area contributed by atoms with Gasteiger partial charge in [-0.2, -0.15) is 0 Å². The van der Waals surface area contributed by atoms with Gasteiger partial charge in [-0.3, -0.25) is 4.79 Å². The summed E-state index contributed by atoms with van der Waals surface area (Å²) in [6.07, 6.45) is 0.338. The van der Waals surface area contributed by atoms with Crippen LogP contribution >= 0.6 is 11.6 Å². The molecule has 0 radical (unpaired) electrons. The highest BCUT2D eigenvalue weighted by Gasteiger charge is 2.35. The van der Waals surface area contributed by atoms with E-state index in [0.29, 0.717) is 17.1 Å². The van der Waals surface area contributed by atoms with Gasteiger partial charge in [-0.05, 0) is 31.2 Å². The minimum absolute atomic E-state index is 0.0569. The molecule has 1 aromatic carbocycles. The number of rotatable bonds is 1. The number of amides is 3. The smallest absolute Gasteiger partial charge is 0.324 e. The van der Waals surface area contributed by atoms with Crippen molar-refractivity contribution in [3.05, 3.63) is 29.3 Å². The van der Waals surface area contributed by atoms with E-state index < -0.39 is 0 Å². The molecule has 1 fully saturated rings. The van der Waals surface area contributed by atoms with E-state index in [2.05, 4.69) is 0 Å². The molecule has 4 nitrogen and oxygen atoms in total. The van der Waals surface area contributed by atoms with E-state index in [-0.39, 0.29) is 18.0 Å². The monoisotopic (exact) mass is 252 g/mol. The van der Waals surface area contributed by atoms with Gasteiger partial charge in [0, 0.05) is 24.5 Å². The summed E-state index contributed by atoms with van der Waals surface area (Å²) in [6, 6.07) is 6.31. The van der Waals surface area contributed by atoms with Crippen LogP contribution in [0.5, 0.6) is 0 Å². The molecule has 17 heavy (non-hydrogen) atoms. The SMILES string of the molecule is CC1CC(=O)N(c2ccc(Cl)cc2)C(=O)N1C. The Morgan fingerprint density at radius 1 is 1.24 bits per heavy atom. The number of imide groups is 1. The third kappa shape index (κ3) is 2.13. The second kappa shape index (κ2) is 4.37. The number of urea groups is 1. The van der Waals surface area contributed by atoms with Crippen LogP contribution in [0.2, 0.25) is 5.02 Å². The number of benzene rings is 1. The number of carbonyl (C=O) groups excluding carboxylic acids is 2. The molecule has 1 atom stereocenters. The lowest BCUT2D eigenvalue weighted by atomic mass is 10.1. The van der Waals surface area contributed by atoms with Crippen molar-refractivity contribution in [2.45, 2.75) is 19.4 Å². The molecule has 3 amide bonds. The van der Waals surface area contributed by atoms with Gasteiger partial charge in [-0.1, -0.05) is 11.6 Å². The fourth-order valence-corrected chi connectivity index (χ4v) is 1.90. The van der Waals surface area contributed by atoms with Gasteiger partial charge in [0.05, 0.1) is 5.69 Å². The van der Waals surface area contributed by atoms with Crippen LogP contribution < -0.4 is 4.90 Å². The predicted octanol–water partition coefficient (Wildman–Crippen LogP) is 2.52. The molecule has 1 aliphatic heterocycles. The molecule has 5 heteroatoms. The van der Waals surface area contributed by atoms with E-state index in [0.717, 1.165) is 0 Å². The van der Waals surface area contributed by atoms with Gasteiger partial charge < -0.3 is 4.90 Å². The lowest BCUT2D eigenvalue weighted by Crippen LogP contribution is -2.54. The van der Waals surface area contributed by atoms with Crippen molar-refractivity contribution in [2.24, 2.45) is 0 Å². The van der Waals surface area contributed by atoms with Crippen LogP contribution in [-0.2, 0) is 4.79 Å². The molecular weight excluding hydrogens is 240 g/mol. The van der Waals surface area contributed by atoms with Crippen molar-refractivity contribution in [3.63, 3.8) is 0 Å². The minimum Gasteiger partial charge on any atom is -0.324 e. The van der Waals surface area contributed by atoms with Crippen LogP contribution in [0.25, 0.3) is 0 Å². The number of carbonyl (C=O) groups is 2. The second-order valence-electron chi connectivity index (χ2n) is 4.15. The topological polar surface area (TPSA) is 40.6 Å². The lowest BCUT2D eigenvalue weighted by molar-refractivity contribution is -0.119. The molecule has 1 heterocycles. The highest BCUT2D eigenvalue weighted by Crippen LogP contribution is 2.24. The van der Waals surface area contributed by atoms with Crippen molar-refractivity contribution in [3.8, 4) is 0 Å². The quantitative estimate of drug-likeness (QED) is 0.771. The Morgan fingerprint density at radius 3 is 2.41 bits per heavy atom.